The molecule has 0 radical (unpaired) electrons. The molecule has 3 aromatic heterocycles. The molecule has 0 saturated heterocycles. The third-order valence-corrected chi connectivity index (χ3v) is 9.96. The van der Waals surface area contributed by atoms with Crippen molar-refractivity contribution in [2.24, 2.45) is 0 Å². The van der Waals surface area contributed by atoms with Crippen LogP contribution < -0.4 is 0 Å². The molecule has 0 bridgehead atoms. The Balaban J connectivity index is 1.02. The minimum absolute atomic E-state index is 0.611. The highest BCUT2D eigenvalue weighted by Crippen LogP contribution is 2.36. The lowest BCUT2D eigenvalue weighted by Crippen LogP contribution is -1.88. The Morgan fingerprint density at radius 1 is 0.278 bits per heavy atom. The van der Waals surface area contributed by atoms with Crippen LogP contribution in [0.1, 0.15) is 16.7 Å². The van der Waals surface area contributed by atoms with Crippen molar-refractivity contribution in [2.45, 2.75) is 20.8 Å². The van der Waals surface area contributed by atoms with E-state index in [9.17, 15) is 0 Å². The lowest BCUT2D eigenvalue weighted by Gasteiger charge is -2.12. The minimum Gasteiger partial charge on any atom is -0.436 e. The zero-order chi connectivity index (χ0) is 36.3. The molecule has 0 spiro atoms. The number of benzene rings is 7. The maximum Gasteiger partial charge on any atom is 0.227 e. The summed E-state index contributed by atoms with van der Waals surface area (Å²) in [5, 5.41) is 0. The van der Waals surface area contributed by atoms with Crippen molar-refractivity contribution in [3.8, 4) is 67.7 Å². The molecule has 10 rings (SSSR count). The first-order valence-electron chi connectivity index (χ1n) is 18.0. The lowest BCUT2D eigenvalue weighted by atomic mass is 9.92. The standard InChI is InChI=1S/C48H33N3O3/c1-28-4-19-43-40(22-28)49-46(52-43)34-13-7-31(8-14-34)37-25-38(32-9-15-35(16-10-32)47-50-41-23-29(2)5-20-44(41)53-47)27-39(26-37)33-11-17-36(18-12-33)48-51-42-24-30(3)6-21-45(42)54-48/h4-27H,1-3H3. The highest BCUT2D eigenvalue weighted by molar-refractivity contribution is 5.84. The summed E-state index contributed by atoms with van der Waals surface area (Å²) in [6.45, 7) is 6.18. The van der Waals surface area contributed by atoms with Crippen LogP contribution in [0.25, 0.3) is 101 Å². The van der Waals surface area contributed by atoms with Crippen LogP contribution in [0.3, 0.4) is 0 Å². The number of aryl methyl sites for hydroxylation is 3. The summed E-state index contributed by atoms with van der Waals surface area (Å²) in [5.74, 6) is 1.83. The smallest absolute Gasteiger partial charge is 0.227 e. The Morgan fingerprint density at radius 3 is 0.815 bits per heavy atom. The van der Waals surface area contributed by atoms with Crippen LogP contribution in [-0.2, 0) is 0 Å². The third-order valence-electron chi connectivity index (χ3n) is 9.96. The first-order valence-corrected chi connectivity index (χ1v) is 18.0. The highest BCUT2D eigenvalue weighted by atomic mass is 16.4. The quantitative estimate of drug-likeness (QED) is 0.172. The van der Waals surface area contributed by atoms with Gasteiger partial charge in [0.15, 0.2) is 16.7 Å². The topological polar surface area (TPSA) is 78.1 Å². The van der Waals surface area contributed by atoms with Crippen LogP contribution >= 0.6 is 0 Å². The number of rotatable bonds is 6. The van der Waals surface area contributed by atoms with Gasteiger partial charge in [0.25, 0.3) is 0 Å². The Kier molecular flexibility index (Phi) is 7.37. The van der Waals surface area contributed by atoms with Gasteiger partial charge in [-0.1, -0.05) is 54.6 Å². The number of hydrogen-bond donors (Lipinski definition) is 0. The molecule has 0 unspecified atom stereocenters. The van der Waals surface area contributed by atoms with Crippen molar-refractivity contribution in [2.75, 3.05) is 0 Å². The van der Waals surface area contributed by atoms with Gasteiger partial charge in [0.2, 0.25) is 17.7 Å². The molecule has 258 valence electrons. The van der Waals surface area contributed by atoms with Crippen LogP contribution in [-0.4, -0.2) is 15.0 Å². The molecule has 0 N–H and O–H groups in total. The fourth-order valence-electron chi connectivity index (χ4n) is 7.03. The second-order valence-electron chi connectivity index (χ2n) is 14.0. The monoisotopic (exact) mass is 699 g/mol. The van der Waals surface area contributed by atoms with E-state index in [4.69, 9.17) is 28.2 Å². The van der Waals surface area contributed by atoms with E-state index in [2.05, 4.69) is 112 Å². The van der Waals surface area contributed by atoms with Gasteiger partial charge in [-0.2, -0.15) is 0 Å². The summed E-state index contributed by atoms with van der Waals surface area (Å²) in [5.41, 5.74) is 17.7. The van der Waals surface area contributed by atoms with Crippen molar-refractivity contribution in [3.05, 3.63) is 162 Å². The molecule has 0 saturated carbocycles. The second-order valence-corrected chi connectivity index (χ2v) is 14.0. The van der Waals surface area contributed by atoms with E-state index in [-0.39, 0.29) is 0 Å². The SMILES string of the molecule is Cc1ccc2oc(-c3ccc(-c4cc(-c5ccc(-c6nc7cc(C)ccc7o6)cc5)cc(-c5ccc(-c6nc7cc(C)ccc7o6)cc5)c4)cc3)nc2c1. The van der Waals surface area contributed by atoms with Crippen LogP contribution in [0.15, 0.2) is 159 Å². The molecule has 0 amide bonds. The molecule has 0 atom stereocenters. The van der Waals surface area contributed by atoms with Gasteiger partial charge in [0.1, 0.15) is 16.6 Å². The number of fused-ring (bicyclic) bond motifs is 3. The van der Waals surface area contributed by atoms with Gasteiger partial charge in [-0.05, 0) is 162 Å². The van der Waals surface area contributed by atoms with Crippen molar-refractivity contribution < 1.29 is 13.3 Å². The van der Waals surface area contributed by atoms with Crippen LogP contribution in [0.2, 0.25) is 0 Å². The van der Waals surface area contributed by atoms with E-state index in [1.54, 1.807) is 0 Å². The van der Waals surface area contributed by atoms with Crippen LogP contribution in [0.5, 0.6) is 0 Å². The summed E-state index contributed by atoms with van der Waals surface area (Å²) in [7, 11) is 0. The Hall–Kier alpha value is -7.05. The Bertz CT molecular complexity index is 2660. The fourth-order valence-corrected chi connectivity index (χ4v) is 7.03. The molecule has 0 aliphatic carbocycles. The van der Waals surface area contributed by atoms with Crippen molar-refractivity contribution in [3.63, 3.8) is 0 Å². The molecule has 7 aromatic carbocycles. The summed E-state index contributed by atoms with van der Waals surface area (Å²) < 4.78 is 18.3. The molecule has 54 heavy (non-hydrogen) atoms. The van der Waals surface area contributed by atoms with Crippen molar-refractivity contribution in [1.29, 1.82) is 0 Å². The average molecular weight is 700 g/mol. The third kappa shape index (κ3) is 5.84. The largest absolute Gasteiger partial charge is 0.436 e. The predicted molar refractivity (Wildman–Crippen MR) is 216 cm³/mol. The average Bonchev–Trinajstić information content (AvgIpc) is 3.94. The fraction of sp³-hybridized carbons (Fsp3) is 0.0625. The zero-order valence-corrected chi connectivity index (χ0v) is 29.9. The van der Waals surface area contributed by atoms with Gasteiger partial charge in [-0.3, -0.25) is 0 Å². The molecule has 0 fully saturated rings. The number of aromatic nitrogens is 3. The van der Waals surface area contributed by atoms with E-state index < -0.39 is 0 Å². The van der Waals surface area contributed by atoms with Gasteiger partial charge in [0, 0.05) is 16.7 Å². The van der Waals surface area contributed by atoms with E-state index in [1.807, 2.05) is 54.6 Å². The summed E-state index contributed by atoms with van der Waals surface area (Å²) in [6, 6.07) is 50.2. The molecule has 10 aromatic rings. The zero-order valence-electron chi connectivity index (χ0n) is 29.9. The molecule has 0 aliphatic rings. The predicted octanol–water partition coefficient (Wildman–Crippen LogP) is 13.0. The van der Waals surface area contributed by atoms with Crippen LogP contribution in [0, 0.1) is 20.8 Å². The molecule has 6 nitrogen and oxygen atoms in total. The van der Waals surface area contributed by atoms with E-state index >= 15 is 0 Å². The van der Waals surface area contributed by atoms with Gasteiger partial charge in [-0.25, -0.2) is 15.0 Å². The van der Waals surface area contributed by atoms with E-state index in [0.717, 1.165) is 100 Å². The Labute approximate surface area is 311 Å². The van der Waals surface area contributed by atoms with Gasteiger partial charge in [-0.15, -0.1) is 0 Å². The summed E-state index contributed by atoms with van der Waals surface area (Å²) in [4.78, 5) is 14.3. The number of hydrogen-bond acceptors (Lipinski definition) is 6. The van der Waals surface area contributed by atoms with Crippen molar-refractivity contribution in [1.82, 2.24) is 15.0 Å². The van der Waals surface area contributed by atoms with Gasteiger partial charge in [0.05, 0.1) is 0 Å². The maximum atomic E-state index is 6.10. The number of nitrogens with zero attached hydrogens (tertiary/aromatic N) is 3. The molecular formula is C48H33N3O3. The second kappa shape index (κ2) is 12.6. The number of oxazole rings is 3. The molecule has 3 heterocycles. The molecule has 6 heteroatoms. The van der Waals surface area contributed by atoms with Crippen molar-refractivity contribution >= 4 is 33.3 Å². The van der Waals surface area contributed by atoms with Gasteiger partial charge >= 0.3 is 0 Å². The van der Waals surface area contributed by atoms with E-state index in [0.29, 0.717) is 17.7 Å². The first-order chi connectivity index (χ1) is 26.4. The lowest BCUT2D eigenvalue weighted by molar-refractivity contribution is 0.619. The normalized spacial score (nSPS) is 11.6. The highest BCUT2D eigenvalue weighted by Gasteiger charge is 2.14. The molecular weight excluding hydrogens is 667 g/mol. The first kappa shape index (κ1) is 31.7. The molecule has 0 aliphatic heterocycles. The Morgan fingerprint density at radius 2 is 0.537 bits per heavy atom. The van der Waals surface area contributed by atoms with Crippen LogP contribution in [0.4, 0.5) is 0 Å². The van der Waals surface area contributed by atoms with E-state index in [1.165, 1.54) is 0 Å². The minimum atomic E-state index is 0.611. The maximum absolute atomic E-state index is 6.10. The summed E-state index contributed by atoms with van der Waals surface area (Å²) >= 11 is 0. The summed E-state index contributed by atoms with van der Waals surface area (Å²) in [6.07, 6.45) is 0. The van der Waals surface area contributed by atoms with Gasteiger partial charge < -0.3 is 13.3 Å².